The molecule has 0 atom stereocenters. The Morgan fingerprint density at radius 1 is 0.340 bits per heavy atom. The first-order valence-electron chi connectivity index (χ1n) is 20.9. The largest absolute Gasteiger partial charge is 0.348 e. The summed E-state index contributed by atoms with van der Waals surface area (Å²) in [6, 6.07) is 24.2. The number of fused-ring (bicyclic) bond motifs is 7. The van der Waals surface area contributed by atoms with Gasteiger partial charge in [-0.05, 0) is 94.4 Å². The summed E-state index contributed by atoms with van der Waals surface area (Å²) in [5.41, 5.74) is 5.68. The SMILES string of the molecule is CCCCCCCCCCCCc1cc2cc3c(ccc4c5cc6cc(CCCCCCCCCCCC)n(C)c6cc5ccc34)cc2n1C. The third kappa shape index (κ3) is 8.78. The van der Waals surface area contributed by atoms with Gasteiger partial charge in [0.05, 0.1) is 0 Å². The molecule has 268 valence electrons. The number of aryl methyl sites for hydroxylation is 4. The van der Waals surface area contributed by atoms with Gasteiger partial charge >= 0.3 is 0 Å². The normalized spacial score (nSPS) is 12.2. The Kier molecular flexibility index (Phi) is 13.4. The Morgan fingerprint density at radius 2 is 0.680 bits per heavy atom. The summed E-state index contributed by atoms with van der Waals surface area (Å²) >= 11 is 0. The summed E-state index contributed by atoms with van der Waals surface area (Å²) in [5, 5.41) is 10.9. The molecule has 2 aromatic heterocycles. The zero-order chi connectivity index (χ0) is 34.7. The summed E-state index contributed by atoms with van der Waals surface area (Å²) in [5.74, 6) is 0. The van der Waals surface area contributed by atoms with E-state index in [1.807, 2.05) is 0 Å². The fraction of sp³-hybridized carbons (Fsp3) is 0.542. The summed E-state index contributed by atoms with van der Waals surface area (Å²) in [6.45, 7) is 4.60. The molecule has 0 aliphatic carbocycles. The molecule has 2 nitrogen and oxygen atoms in total. The first-order chi connectivity index (χ1) is 24.6. The van der Waals surface area contributed by atoms with E-state index < -0.39 is 0 Å². The summed E-state index contributed by atoms with van der Waals surface area (Å²) < 4.78 is 4.90. The highest BCUT2D eigenvalue weighted by atomic mass is 14.9. The van der Waals surface area contributed by atoms with E-state index in [1.54, 1.807) is 0 Å². The van der Waals surface area contributed by atoms with E-state index >= 15 is 0 Å². The maximum atomic E-state index is 2.46. The van der Waals surface area contributed by atoms with E-state index in [0.717, 1.165) is 0 Å². The van der Waals surface area contributed by atoms with Gasteiger partial charge in [-0.25, -0.2) is 0 Å². The predicted octanol–water partition coefficient (Wildman–Crippen LogP) is 15.1. The molecule has 2 heteroatoms. The Labute approximate surface area is 303 Å². The second-order valence-corrected chi connectivity index (χ2v) is 15.7. The third-order valence-corrected chi connectivity index (χ3v) is 11.9. The van der Waals surface area contributed by atoms with Gasteiger partial charge in [-0.15, -0.1) is 0 Å². The van der Waals surface area contributed by atoms with Gasteiger partial charge in [0.2, 0.25) is 0 Å². The molecule has 0 aliphatic heterocycles. The van der Waals surface area contributed by atoms with Crippen molar-refractivity contribution in [3.8, 4) is 0 Å². The lowest BCUT2D eigenvalue weighted by Crippen LogP contribution is -1.96. The number of hydrogen-bond acceptors (Lipinski definition) is 0. The van der Waals surface area contributed by atoms with Gasteiger partial charge in [-0.1, -0.05) is 154 Å². The van der Waals surface area contributed by atoms with Crippen molar-refractivity contribution in [3.63, 3.8) is 0 Å². The zero-order valence-electron chi connectivity index (χ0n) is 32.2. The monoisotopic (exact) mass is 671 g/mol. The van der Waals surface area contributed by atoms with Gasteiger partial charge < -0.3 is 9.13 Å². The van der Waals surface area contributed by atoms with E-state index in [4.69, 9.17) is 0 Å². The molecule has 0 N–H and O–H groups in total. The van der Waals surface area contributed by atoms with Gasteiger partial charge in [0.15, 0.2) is 0 Å². The first kappa shape index (κ1) is 36.5. The summed E-state index contributed by atoms with van der Waals surface area (Å²) in [4.78, 5) is 0. The van der Waals surface area contributed by atoms with Crippen LogP contribution in [-0.4, -0.2) is 9.13 Å². The average Bonchev–Trinajstić information content (AvgIpc) is 3.61. The summed E-state index contributed by atoms with van der Waals surface area (Å²) in [6.07, 6.45) is 30.2. The molecule has 0 fully saturated rings. The van der Waals surface area contributed by atoms with Crippen molar-refractivity contribution in [1.82, 2.24) is 9.13 Å². The van der Waals surface area contributed by atoms with Gasteiger partial charge in [0, 0.05) is 47.3 Å². The number of benzene rings is 4. The zero-order valence-corrected chi connectivity index (χ0v) is 32.2. The third-order valence-electron chi connectivity index (χ3n) is 11.9. The minimum Gasteiger partial charge on any atom is -0.348 e. The van der Waals surface area contributed by atoms with Crippen LogP contribution in [0.15, 0.2) is 60.7 Å². The average molecular weight is 671 g/mol. The number of hydrogen-bond donors (Lipinski definition) is 0. The van der Waals surface area contributed by atoms with Gasteiger partial charge in [-0.3, -0.25) is 0 Å². The Balaban J connectivity index is 1.11. The topological polar surface area (TPSA) is 9.86 Å². The van der Waals surface area contributed by atoms with Crippen LogP contribution in [0.2, 0.25) is 0 Å². The van der Waals surface area contributed by atoms with Crippen LogP contribution >= 0.6 is 0 Å². The molecule has 0 saturated carbocycles. The number of unbranched alkanes of at least 4 members (excludes halogenated alkanes) is 18. The Hall–Kier alpha value is -3.26. The lowest BCUT2D eigenvalue weighted by atomic mass is 9.95. The van der Waals surface area contributed by atoms with Crippen molar-refractivity contribution in [2.45, 2.75) is 155 Å². The standard InChI is InChI=1S/C48H66N2/c1-5-7-9-11-13-15-17-19-21-23-25-41-31-39-33-45-37(35-47(39)49(41)3)27-29-44-43(45)30-28-38-36-48-40(34-46(38)44)32-42(50(48)4)26-24-22-20-18-16-14-12-10-8-6-2/h27-36H,5-26H2,1-4H3. The van der Waals surface area contributed by atoms with Gasteiger partial charge in [-0.2, -0.15) is 0 Å². The molecular weight excluding hydrogens is 605 g/mol. The summed E-state index contributed by atoms with van der Waals surface area (Å²) in [7, 11) is 4.54. The molecule has 6 aromatic rings. The lowest BCUT2D eigenvalue weighted by molar-refractivity contribution is 0.554. The van der Waals surface area contributed by atoms with E-state index in [0.29, 0.717) is 0 Å². The van der Waals surface area contributed by atoms with Crippen molar-refractivity contribution in [2.75, 3.05) is 0 Å². The molecule has 0 bridgehead atoms. The van der Waals surface area contributed by atoms with Crippen LogP contribution in [0, 0.1) is 0 Å². The smallest absolute Gasteiger partial charge is 0.0486 e. The molecule has 4 aromatic carbocycles. The van der Waals surface area contributed by atoms with E-state index in [9.17, 15) is 0 Å². The molecule has 0 unspecified atom stereocenters. The number of nitrogens with zero attached hydrogens (tertiary/aromatic N) is 2. The lowest BCUT2D eigenvalue weighted by Gasteiger charge is -2.10. The molecule has 0 saturated heterocycles. The molecule has 6 rings (SSSR count). The van der Waals surface area contributed by atoms with Crippen LogP contribution in [0.4, 0.5) is 0 Å². The maximum Gasteiger partial charge on any atom is 0.0486 e. The molecule has 0 radical (unpaired) electrons. The highest BCUT2D eigenvalue weighted by Crippen LogP contribution is 2.36. The van der Waals surface area contributed by atoms with Crippen LogP contribution in [0.3, 0.4) is 0 Å². The van der Waals surface area contributed by atoms with E-state index in [-0.39, 0.29) is 0 Å². The van der Waals surface area contributed by atoms with E-state index in [1.165, 1.54) is 207 Å². The Morgan fingerprint density at radius 3 is 1.04 bits per heavy atom. The quantitative estimate of drug-likeness (QED) is 0.0502. The van der Waals surface area contributed by atoms with Crippen LogP contribution in [-0.2, 0) is 26.9 Å². The van der Waals surface area contributed by atoms with Crippen molar-refractivity contribution >= 4 is 54.1 Å². The van der Waals surface area contributed by atoms with E-state index in [2.05, 4.69) is 97.7 Å². The molecular formula is C48H66N2. The maximum absolute atomic E-state index is 2.46. The number of rotatable bonds is 22. The molecule has 2 heterocycles. The molecule has 0 amide bonds. The van der Waals surface area contributed by atoms with Crippen LogP contribution in [0.5, 0.6) is 0 Å². The van der Waals surface area contributed by atoms with Crippen molar-refractivity contribution < 1.29 is 0 Å². The first-order valence-corrected chi connectivity index (χ1v) is 20.9. The second-order valence-electron chi connectivity index (χ2n) is 15.7. The predicted molar refractivity (Wildman–Crippen MR) is 223 cm³/mol. The highest BCUT2D eigenvalue weighted by Gasteiger charge is 2.13. The Bertz CT molecular complexity index is 1820. The van der Waals surface area contributed by atoms with Gasteiger partial charge in [0.25, 0.3) is 0 Å². The fourth-order valence-electron chi connectivity index (χ4n) is 8.72. The molecule has 0 aliphatic rings. The van der Waals surface area contributed by atoms with Gasteiger partial charge in [0.1, 0.15) is 0 Å². The van der Waals surface area contributed by atoms with Crippen LogP contribution in [0.1, 0.15) is 154 Å². The van der Waals surface area contributed by atoms with Crippen molar-refractivity contribution in [3.05, 3.63) is 72.1 Å². The van der Waals surface area contributed by atoms with Crippen molar-refractivity contribution in [2.24, 2.45) is 14.1 Å². The van der Waals surface area contributed by atoms with Crippen molar-refractivity contribution in [1.29, 1.82) is 0 Å². The molecule has 50 heavy (non-hydrogen) atoms. The van der Waals surface area contributed by atoms with Crippen LogP contribution in [0.25, 0.3) is 54.1 Å². The minimum atomic E-state index is 1.18. The van der Waals surface area contributed by atoms with Crippen LogP contribution < -0.4 is 0 Å². The minimum absolute atomic E-state index is 1.18. The fourth-order valence-corrected chi connectivity index (χ4v) is 8.72. The number of aromatic nitrogens is 2. The second kappa shape index (κ2) is 18.3. The molecule has 0 spiro atoms. The highest BCUT2D eigenvalue weighted by molar-refractivity contribution is 6.20.